The second kappa shape index (κ2) is 5.01. The second-order valence-electron chi connectivity index (χ2n) is 4.08. The van der Waals surface area contributed by atoms with E-state index in [1.807, 2.05) is 25.9 Å². The lowest BCUT2D eigenvalue weighted by Gasteiger charge is -2.27. The lowest BCUT2D eigenvalue weighted by molar-refractivity contribution is 0.351. The zero-order valence-corrected chi connectivity index (χ0v) is 10.0. The van der Waals surface area contributed by atoms with Crippen molar-refractivity contribution < 1.29 is 0 Å². The molecule has 3 nitrogen and oxygen atoms in total. The average molecular weight is 213 g/mol. The minimum atomic E-state index is -0.277. The van der Waals surface area contributed by atoms with Crippen molar-refractivity contribution in [3.63, 3.8) is 0 Å². The van der Waals surface area contributed by atoms with E-state index in [-0.39, 0.29) is 5.54 Å². The van der Waals surface area contributed by atoms with Crippen LogP contribution < -0.4 is 5.32 Å². The van der Waals surface area contributed by atoms with Crippen LogP contribution in [0.1, 0.15) is 13.3 Å². The van der Waals surface area contributed by atoms with Gasteiger partial charge in [-0.15, -0.1) is 0 Å². The van der Waals surface area contributed by atoms with Crippen LogP contribution in [0.3, 0.4) is 0 Å². The molecule has 0 aromatic heterocycles. The third kappa shape index (κ3) is 2.63. The van der Waals surface area contributed by atoms with E-state index in [9.17, 15) is 5.26 Å². The van der Waals surface area contributed by atoms with Gasteiger partial charge in [-0.1, -0.05) is 6.92 Å². The van der Waals surface area contributed by atoms with Gasteiger partial charge in [0.25, 0.3) is 0 Å². The first-order chi connectivity index (χ1) is 6.60. The Hall–Kier alpha value is -0.240. The summed E-state index contributed by atoms with van der Waals surface area (Å²) < 4.78 is 0. The SMILES string of the molecule is CC1SCCC1(C#N)NCCN(C)C. The molecule has 1 rings (SSSR count). The number of thioether (sulfide) groups is 1. The van der Waals surface area contributed by atoms with Crippen LogP contribution in [-0.2, 0) is 0 Å². The van der Waals surface area contributed by atoms with Gasteiger partial charge in [0.1, 0.15) is 5.54 Å². The molecule has 1 N–H and O–H groups in total. The molecule has 0 spiro atoms. The fraction of sp³-hybridized carbons (Fsp3) is 0.900. The van der Waals surface area contributed by atoms with Crippen LogP contribution in [0.5, 0.6) is 0 Å². The molecule has 0 aromatic carbocycles. The lowest BCUT2D eigenvalue weighted by Crippen LogP contribution is -2.50. The topological polar surface area (TPSA) is 39.1 Å². The normalized spacial score (nSPS) is 32.1. The first-order valence-electron chi connectivity index (χ1n) is 5.03. The highest BCUT2D eigenvalue weighted by Gasteiger charge is 2.40. The van der Waals surface area contributed by atoms with Crippen molar-refractivity contribution in [1.82, 2.24) is 10.2 Å². The molecule has 80 valence electrons. The molecular weight excluding hydrogens is 194 g/mol. The summed E-state index contributed by atoms with van der Waals surface area (Å²) >= 11 is 1.89. The Kier molecular flexibility index (Phi) is 4.24. The van der Waals surface area contributed by atoms with Crippen LogP contribution in [0.15, 0.2) is 0 Å². The Bertz CT molecular complexity index is 224. The molecule has 1 aliphatic heterocycles. The fourth-order valence-electron chi connectivity index (χ4n) is 1.66. The summed E-state index contributed by atoms with van der Waals surface area (Å²) in [6, 6.07) is 2.45. The Balaban J connectivity index is 2.43. The van der Waals surface area contributed by atoms with Gasteiger partial charge in [-0.2, -0.15) is 17.0 Å². The summed E-state index contributed by atoms with van der Waals surface area (Å²) in [6.07, 6.45) is 0.975. The minimum absolute atomic E-state index is 0.277. The molecule has 0 bridgehead atoms. The monoisotopic (exact) mass is 213 g/mol. The molecule has 0 saturated carbocycles. The summed E-state index contributed by atoms with van der Waals surface area (Å²) in [6.45, 7) is 4.02. The van der Waals surface area contributed by atoms with Gasteiger partial charge >= 0.3 is 0 Å². The Morgan fingerprint density at radius 3 is 2.79 bits per heavy atom. The van der Waals surface area contributed by atoms with E-state index in [4.69, 9.17) is 0 Å². The first kappa shape index (κ1) is 11.8. The molecule has 14 heavy (non-hydrogen) atoms. The van der Waals surface area contributed by atoms with E-state index in [1.165, 1.54) is 0 Å². The van der Waals surface area contributed by atoms with Crippen LogP contribution in [-0.4, -0.2) is 48.6 Å². The van der Waals surface area contributed by atoms with Crippen molar-refractivity contribution >= 4 is 11.8 Å². The van der Waals surface area contributed by atoms with Gasteiger partial charge in [0.05, 0.1) is 6.07 Å². The Morgan fingerprint density at radius 1 is 1.64 bits per heavy atom. The number of nitrogens with one attached hydrogen (secondary N) is 1. The standard InChI is InChI=1S/C10H19N3S/c1-9-10(8-11,4-7-14-9)12-5-6-13(2)3/h9,12H,4-7H2,1-3H3. The molecule has 1 fully saturated rings. The average Bonchev–Trinajstić information content (AvgIpc) is 2.48. The Labute approximate surface area is 90.8 Å². The molecule has 1 heterocycles. The summed E-state index contributed by atoms with van der Waals surface area (Å²) in [5.41, 5.74) is -0.277. The molecule has 0 amide bonds. The highest BCUT2D eigenvalue weighted by Crippen LogP contribution is 2.34. The number of nitrogens with zero attached hydrogens (tertiary/aromatic N) is 2. The molecule has 0 aromatic rings. The number of likely N-dealkylation sites (N-methyl/N-ethyl adjacent to an activating group) is 1. The summed E-state index contributed by atoms with van der Waals surface area (Å²) in [5.74, 6) is 1.10. The number of rotatable bonds is 4. The van der Waals surface area contributed by atoms with E-state index in [1.54, 1.807) is 0 Å². The Morgan fingerprint density at radius 2 is 2.36 bits per heavy atom. The molecule has 2 atom stereocenters. The van der Waals surface area contributed by atoms with Gasteiger partial charge in [0.15, 0.2) is 0 Å². The van der Waals surface area contributed by atoms with Crippen molar-refractivity contribution in [1.29, 1.82) is 5.26 Å². The summed E-state index contributed by atoms with van der Waals surface area (Å²) in [5, 5.41) is 13.0. The van der Waals surface area contributed by atoms with Gasteiger partial charge in [-0.3, -0.25) is 5.32 Å². The van der Waals surface area contributed by atoms with Crippen LogP contribution >= 0.6 is 11.8 Å². The molecule has 0 radical (unpaired) electrons. The largest absolute Gasteiger partial charge is 0.308 e. The summed E-state index contributed by atoms with van der Waals surface area (Å²) in [7, 11) is 4.10. The van der Waals surface area contributed by atoms with E-state index >= 15 is 0 Å². The predicted octanol–water partition coefficient (Wildman–Crippen LogP) is 0.925. The molecular formula is C10H19N3S. The molecule has 0 aliphatic carbocycles. The van der Waals surface area contributed by atoms with Crippen molar-refractivity contribution in [3.8, 4) is 6.07 Å². The van der Waals surface area contributed by atoms with E-state index in [0.29, 0.717) is 5.25 Å². The first-order valence-corrected chi connectivity index (χ1v) is 6.08. The molecule has 2 unspecified atom stereocenters. The number of nitriles is 1. The van der Waals surface area contributed by atoms with Crippen molar-refractivity contribution in [3.05, 3.63) is 0 Å². The van der Waals surface area contributed by atoms with Crippen LogP contribution in [0.2, 0.25) is 0 Å². The van der Waals surface area contributed by atoms with Gasteiger partial charge in [0, 0.05) is 18.3 Å². The molecule has 1 aliphatic rings. The van der Waals surface area contributed by atoms with Crippen LogP contribution in [0, 0.1) is 11.3 Å². The lowest BCUT2D eigenvalue weighted by atomic mass is 9.95. The maximum Gasteiger partial charge on any atom is 0.119 e. The zero-order chi connectivity index (χ0) is 10.6. The highest BCUT2D eigenvalue weighted by molar-refractivity contribution is 8.00. The van der Waals surface area contributed by atoms with Crippen molar-refractivity contribution in [2.75, 3.05) is 32.9 Å². The van der Waals surface area contributed by atoms with Gasteiger partial charge < -0.3 is 4.90 Å². The van der Waals surface area contributed by atoms with Crippen LogP contribution in [0.4, 0.5) is 0 Å². The number of hydrogen-bond donors (Lipinski definition) is 1. The van der Waals surface area contributed by atoms with Crippen LogP contribution in [0.25, 0.3) is 0 Å². The third-order valence-electron chi connectivity index (χ3n) is 2.76. The molecule has 4 heteroatoms. The highest BCUT2D eigenvalue weighted by atomic mass is 32.2. The van der Waals surface area contributed by atoms with E-state index < -0.39 is 0 Å². The third-order valence-corrected chi connectivity index (χ3v) is 4.10. The van der Waals surface area contributed by atoms with E-state index in [0.717, 1.165) is 25.3 Å². The van der Waals surface area contributed by atoms with Gasteiger partial charge in [-0.05, 0) is 26.3 Å². The van der Waals surface area contributed by atoms with Gasteiger partial charge in [-0.25, -0.2) is 0 Å². The zero-order valence-electron chi connectivity index (χ0n) is 9.21. The van der Waals surface area contributed by atoms with E-state index in [2.05, 4.69) is 23.2 Å². The predicted molar refractivity (Wildman–Crippen MR) is 61.4 cm³/mol. The number of hydrogen-bond acceptors (Lipinski definition) is 4. The maximum absolute atomic E-state index is 9.21. The fourth-order valence-corrected chi connectivity index (χ4v) is 3.00. The van der Waals surface area contributed by atoms with Crippen molar-refractivity contribution in [2.45, 2.75) is 24.1 Å². The van der Waals surface area contributed by atoms with Gasteiger partial charge in [0.2, 0.25) is 0 Å². The summed E-state index contributed by atoms with van der Waals surface area (Å²) in [4.78, 5) is 2.13. The van der Waals surface area contributed by atoms with Crippen molar-refractivity contribution in [2.24, 2.45) is 0 Å². The molecule has 1 saturated heterocycles. The second-order valence-corrected chi connectivity index (χ2v) is 5.52. The smallest absolute Gasteiger partial charge is 0.119 e. The minimum Gasteiger partial charge on any atom is -0.308 e. The maximum atomic E-state index is 9.21. The quantitative estimate of drug-likeness (QED) is 0.754.